The maximum absolute atomic E-state index is 11.3. The molecule has 8 heteroatoms. The van der Waals surface area contributed by atoms with Gasteiger partial charge in [0.25, 0.3) is 10.1 Å². The third-order valence-electron chi connectivity index (χ3n) is 2.46. The van der Waals surface area contributed by atoms with Crippen molar-refractivity contribution >= 4 is 20.1 Å². The molecular formula is C10H23NO5S2. The highest BCUT2D eigenvalue weighted by Gasteiger charge is 2.14. The zero-order valence-corrected chi connectivity index (χ0v) is 12.4. The van der Waals surface area contributed by atoms with Crippen LogP contribution in [-0.2, 0) is 20.1 Å². The number of hydrogen-bond donors (Lipinski definition) is 2. The van der Waals surface area contributed by atoms with Crippen LogP contribution in [0.4, 0.5) is 0 Å². The summed E-state index contributed by atoms with van der Waals surface area (Å²) in [5.74, 6) is -1.36. The van der Waals surface area contributed by atoms with Gasteiger partial charge in [-0.1, -0.05) is 39.0 Å². The quantitative estimate of drug-likeness (QED) is 0.440. The van der Waals surface area contributed by atoms with E-state index in [2.05, 4.69) is 11.6 Å². The van der Waals surface area contributed by atoms with E-state index in [9.17, 15) is 16.8 Å². The van der Waals surface area contributed by atoms with Gasteiger partial charge in [-0.05, 0) is 6.42 Å². The molecule has 0 rings (SSSR count). The van der Waals surface area contributed by atoms with Gasteiger partial charge in [0.1, 0.15) is 0 Å². The van der Waals surface area contributed by atoms with E-state index in [1.54, 1.807) is 0 Å². The number of rotatable bonds is 11. The SMILES string of the molecule is CCCCCCCCNS(=O)(=O)CCS(=O)(=O)O. The standard InChI is InChI=1S/C10H23NO5S2/c1-2-3-4-5-6-7-8-11-17(12,13)9-10-18(14,15)16/h11H,2-10H2,1H3,(H,14,15,16). The van der Waals surface area contributed by atoms with Crippen LogP contribution >= 0.6 is 0 Å². The molecule has 0 heterocycles. The predicted molar refractivity (Wildman–Crippen MR) is 71.6 cm³/mol. The molecule has 0 amide bonds. The second-order valence-electron chi connectivity index (χ2n) is 4.27. The molecule has 0 atom stereocenters. The number of unbranched alkanes of at least 4 members (excludes halogenated alkanes) is 5. The highest BCUT2D eigenvalue weighted by molar-refractivity contribution is 7.91. The first-order valence-electron chi connectivity index (χ1n) is 6.19. The van der Waals surface area contributed by atoms with E-state index in [0.717, 1.165) is 25.7 Å². The number of nitrogens with one attached hydrogen (secondary N) is 1. The van der Waals surface area contributed by atoms with Crippen molar-refractivity contribution < 1.29 is 21.4 Å². The van der Waals surface area contributed by atoms with Crippen molar-refractivity contribution in [2.24, 2.45) is 0 Å². The third-order valence-corrected chi connectivity index (χ3v) is 4.83. The van der Waals surface area contributed by atoms with Crippen LogP contribution < -0.4 is 4.72 Å². The molecule has 18 heavy (non-hydrogen) atoms. The smallest absolute Gasteiger partial charge is 0.265 e. The first-order valence-corrected chi connectivity index (χ1v) is 9.45. The Hall–Kier alpha value is -0.180. The lowest BCUT2D eigenvalue weighted by molar-refractivity contribution is 0.483. The maximum Gasteiger partial charge on any atom is 0.265 e. The molecule has 0 fully saturated rings. The predicted octanol–water partition coefficient (Wildman–Crippen LogP) is 1.15. The molecule has 0 unspecified atom stereocenters. The molecular weight excluding hydrogens is 278 g/mol. The van der Waals surface area contributed by atoms with E-state index in [4.69, 9.17) is 4.55 Å². The highest BCUT2D eigenvalue weighted by Crippen LogP contribution is 2.04. The van der Waals surface area contributed by atoms with E-state index in [1.807, 2.05) is 0 Å². The Balaban J connectivity index is 3.65. The lowest BCUT2D eigenvalue weighted by Crippen LogP contribution is -2.30. The van der Waals surface area contributed by atoms with Gasteiger partial charge in [-0.15, -0.1) is 0 Å². The second kappa shape index (κ2) is 8.84. The van der Waals surface area contributed by atoms with E-state index >= 15 is 0 Å². The van der Waals surface area contributed by atoms with Crippen molar-refractivity contribution in [1.82, 2.24) is 4.72 Å². The summed E-state index contributed by atoms with van der Waals surface area (Å²) < 4.78 is 54.3. The highest BCUT2D eigenvalue weighted by atomic mass is 32.2. The summed E-state index contributed by atoms with van der Waals surface area (Å²) in [7, 11) is -7.82. The minimum absolute atomic E-state index is 0.319. The molecule has 0 aromatic rings. The average molecular weight is 301 g/mol. The van der Waals surface area contributed by atoms with Gasteiger partial charge < -0.3 is 0 Å². The Kier molecular flexibility index (Phi) is 8.75. The van der Waals surface area contributed by atoms with Gasteiger partial charge in [0, 0.05) is 6.54 Å². The molecule has 0 spiro atoms. The molecule has 2 N–H and O–H groups in total. The molecule has 0 aliphatic heterocycles. The zero-order chi connectivity index (χ0) is 14.1. The monoisotopic (exact) mass is 301 g/mol. The van der Waals surface area contributed by atoms with Crippen molar-refractivity contribution in [1.29, 1.82) is 0 Å². The Morgan fingerprint density at radius 1 is 0.889 bits per heavy atom. The minimum atomic E-state index is -4.22. The molecule has 0 saturated carbocycles. The summed E-state index contributed by atoms with van der Waals surface area (Å²) in [5.41, 5.74) is 0. The Morgan fingerprint density at radius 3 is 2.00 bits per heavy atom. The van der Waals surface area contributed by atoms with Crippen LogP contribution in [0.2, 0.25) is 0 Å². The van der Waals surface area contributed by atoms with Gasteiger partial charge in [-0.2, -0.15) is 8.42 Å². The summed E-state index contributed by atoms with van der Waals surface area (Å²) >= 11 is 0. The average Bonchev–Trinajstić information content (AvgIpc) is 2.25. The van der Waals surface area contributed by atoms with Gasteiger partial charge in [0.05, 0.1) is 11.5 Å². The molecule has 0 saturated heterocycles. The van der Waals surface area contributed by atoms with Crippen LogP contribution in [0.25, 0.3) is 0 Å². The van der Waals surface area contributed by atoms with Crippen LogP contribution in [0.1, 0.15) is 45.4 Å². The first kappa shape index (κ1) is 17.8. The fraction of sp³-hybridized carbons (Fsp3) is 1.00. The van der Waals surface area contributed by atoms with Gasteiger partial charge in [-0.25, -0.2) is 13.1 Å². The largest absolute Gasteiger partial charge is 0.286 e. The minimum Gasteiger partial charge on any atom is -0.286 e. The normalized spacial score (nSPS) is 12.8. The van der Waals surface area contributed by atoms with Crippen LogP contribution in [0, 0.1) is 0 Å². The fourth-order valence-corrected chi connectivity index (χ4v) is 3.74. The van der Waals surface area contributed by atoms with E-state index in [1.165, 1.54) is 12.8 Å². The number of sulfonamides is 1. The second-order valence-corrected chi connectivity index (χ2v) is 7.77. The number of hydrogen-bond acceptors (Lipinski definition) is 4. The van der Waals surface area contributed by atoms with Gasteiger partial charge >= 0.3 is 0 Å². The molecule has 0 aliphatic rings. The Bertz CT molecular complexity index is 402. The molecule has 110 valence electrons. The topological polar surface area (TPSA) is 101 Å². The summed E-state index contributed by atoms with van der Waals surface area (Å²) in [4.78, 5) is 0. The Labute approximate surface area is 110 Å². The van der Waals surface area contributed by atoms with E-state index < -0.39 is 31.6 Å². The summed E-state index contributed by atoms with van der Waals surface area (Å²) in [6.07, 6.45) is 6.31. The van der Waals surface area contributed by atoms with Crippen molar-refractivity contribution in [2.75, 3.05) is 18.1 Å². The van der Waals surface area contributed by atoms with Gasteiger partial charge in [-0.3, -0.25) is 4.55 Å². The fourth-order valence-electron chi connectivity index (χ4n) is 1.42. The van der Waals surface area contributed by atoms with Crippen LogP contribution in [-0.4, -0.2) is 39.4 Å². The van der Waals surface area contributed by atoms with Crippen LogP contribution in [0.5, 0.6) is 0 Å². The summed E-state index contributed by atoms with van der Waals surface area (Å²) in [5, 5.41) is 0. The summed E-state index contributed by atoms with van der Waals surface area (Å²) in [6, 6.07) is 0. The van der Waals surface area contributed by atoms with Crippen molar-refractivity contribution in [3.05, 3.63) is 0 Å². The molecule has 0 aliphatic carbocycles. The van der Waals surface area contributed by atoms with E-state index in [0.29, 0.717) is 6.54 Å². The Morgan fingerprint density at radius 2 is 1.44 bits per heavy atom. The lowest BCUT2D eigenvalue weighted by atomic mass is 10.1. The molecule has 0 radical (unpaired) electrons. The lowest BCUT2D eigenvalue weighted by Gasteiger charge is -2.05. The van der Waals surface area contributed by atoms with Gasteiger partial charge in [0.15, 0.2) is 0 Å². The summed E-state index contributed by atoms with van der Waals surface area (Å²) in [6.45, 7) is 2.45. The molecule has 0 aromatic heterocycles. The third kappa shape index (κ3) is 12.3. The zero-order valence-electron chi connectivity index (χ0n) is 10.8. The molecule has 0 aromatic carbocycles. The molecule has 6 nitrogen and oxygen atoms in total. The van der Waals surface area contributed by atoms with Crippen LogP contribution in [0.15, 0.2) is 0 Å². The first-order chi connectivity index (χ1) is 8.27. The van der Waals surface area contributed by atoms with E-state index in [-0.39, 0.29) is 0 Å². The molecule has 0 bridgehead atoms. The van der Waals surface area contributed by atoms with Crippen molar-refractivity contribution in [3.63, 3.8) is 0 Å². The van der Waals surface area contributed by atoms with Gasteiger partial charge in [0.2, 0.25) is 10.0 Å². The maximum atomic E-state index is 11.3. The van der Waals surface area contributed by atoms with Crippen molar-refractivity contribution in [2.45, 2.75) is 45.4 Å². The van der Waals surface area contributed by atoms with Crippen molar-refractivity contribution in [3.8, 4) is 0 Å². The van der Waals surface area contributed by atoms with Crippen LogP contribution in [0.3, 0.4) is 0 Å².